The Labute approximate surface area is 142 Å². The molecule has 24 heavy (non-hydrogen) atoms. The van der Waals surface area contributed by atoms with Gasteiger partial charge in [0.2, 0.25) is 11.8 Å². The molecule has 6 nitrogen and oxygen atoms in total. The third-order valence-corrected chi connectivity index (χ3v) is 4.08. The molecule has 0 aliphatic carbocycles. The number of nitrogens with zero attached hydrogens (tertiary/aromatic N) is 3. The van der Waals surface area contributed by atoms with Gasteiger partial charge < -0.3 is 14.4 Å². The molecule has 2 heterocycles. The Morgan fingerprint density at radius 2 is 2.17 bits per heavy atom. The highest BCUT2D eigenvalue weighted by atomic mass is 32.2. The fourth-order valence-electron chi connectivity index (χ4n) is 2.12. The molecule has 0 aliphatic rings. The second kappa shape index (κ2) is 7.31. The first kappa shape index (κ1) is 16.3. The van der Waals surface area contributed by atoms with Gasteiger partial charge in [-0.05, 0) is 30.3 Å². The van der Waals surface area contributed by atoms with E-state index in [9.17, 15) is 9.18 Å². The minimum Gasteiger partial charge on any atom is -0.340 e. The number of rotatable bonds is 6. The molecule has 0 atom stereocenters. The molecule has 0 saturated carbocycles. The van der Waals surface area contributed by atoms with Crippen molar-refractivity contribution in [2.45, 2.75) is 12.7 Å². The van der Waals surface area contributed by atoms with Crippen molar-refractivity contribution >= 4 is 23.4 Å². The number of halogens is 1. The van der Waals surface area contributed by atoms with Crippen molar-refractivity contribution in [2.24, 2.45) is 0 Å². The Balaban J connectivity index is 1.57. The van der Waals surface area contributed by atoms with Crippen LogP contribution in [-0.2, 0) is 10.5 Å². The van der Waals surface area contributed by atoms with E-state index in [4.69, 9.17) is 4.52 Å². The van der Waals surface area contributed by atoms with Gasteiger partial charge in [0.15, 0.2) is 5.82 Å². The molecule has 3 rings (SSSR count). The van der Waals surface area contributed by atoms with Gasteiger partial charge in [-0.25, -0.2) is 4.39 Å². The smallest absolute Gasteiger partial charge is 0.234 e. The molecular weight excluding hydrogens is 331 g/mol. The standard InChI is InChI=1S/C16H15FN4O2S/c1-11-18-15(20-23-11)9-24-10-16(22)19-12-4-5-13(17)14(8-12)21-6-2-3-7-21/h2-8H,9-10H2,1H3,(H,19,22). The molecule has 2 aromatic heterocycles. The number of benzene rings is 1. The molecule has 1 amide bonds. The van der Waals surface area contributed by atoms with Gasteiger partial charge in [-0.2, -0.15) is 4.98 Å². The lowest BCUT2D eigenvalue weighted by Crippen LogP contribution is -2.14. The van der Waals surface area contributed by atoms with Gasteiger partial charge >= 0.3 is 0 Å². The van der Waals surface area contributed by atoms with Crippen molar-refractivity contribution in [3.05, 3.63) is 60.3 Å². The molecule has 0 bridgehead atoms. The largest absolute Gasteiger partial charge is 0.340 e. The van der Waals surface area contributed by atoms with E-state index in [1.165, 1.54) is 23.9 Å². The molecule has 1 N–H and O–H groups in total. The summed E-state index contributed by atoms with van der Waals surface area (Å²) >= 11 is 1.38. The fraction of sp³-hybridized carbons (Fsp3) is 0.188. The van der Waals surface area contributed by atoms with E-state index in [0.717, 1.165) is 0 Å². The van der Waals surface area contributed by atoms with Crippen molar-refractivity contribution in [3.63, 3.8) is 0 Å². The summed E-state index contributed by atoms with van der Waals surface area (Å²) in [6.45, 7) is 1.71. The number of nitrogens with one attached hydrogen (secondary N) is 1. The number of hydrogen-bond acceptors (Lipinski definition) is 5. The fourth-order valence-corrected chi connectivity index (χ4v) is 2.77. The zero-order valence-corrected chi connectivity index (χ0v) is 13.7. The highest BCUT2D eigenvalue weighted by Crippen LogP contribution is 2.19. The Kier molecular flexibility index (Phi) is 4.95. The number of aryl methyl sites for hydroxylation is 1. The number of aromatic nitrogens is 3. The quantitative estimate of drug-likeness (QED) is 0.742. The van der Waals surface area contributed by atoms with Crippen LogP contribution in [0.3, 0.4) is 0 Å². The van der Waals surface area contributed by atoms with E-state index in [-0.39, 0.29) is 17.5 Å². The number of carbonyl (C=O) groups is 1. The summed E-state index contributed by atoms with van der Waals surface area (Å²) in [5, 5.41) is 6.52. The van der Waals surface area contributed by atoms with Gasteiger partial charge in [-0.3, -0.25) is 4.79 Å². The van der Waals surface area contributed by atoms with E-state index >= 15 is 0 Å². The molecule has 0 aliphatic heterocycles. The maximum absolute atomic E-state index is 13.9. The Hall–Kier alpha value is -2.61. The Morgan fingerprint density at radius 3 is 2.88 bits per heavy atom. The van der Waals surface area contributed by atoms with Crippen molar-refractivity contribution < 1.29 is 13.7 Å². The van der Waals surface area contributed by atoms with Crippen LogP contribution in [0.2, 0.25) is 0 Å². The van der Waals surface area contributed by atoms with Crippen LogP contribution in [0, 0.1) is 12.7 Å². The second-order valence-corrected chi connectivity index (χ2v) is 6.01. The van der Waals surface area contributed by atoms with Crippen molar-refractivity contribution in [1.29, 1.82) is 0 Å². The van der Waals surface area contributed by atoms with Gasteiger partial charge in [0, 0.05) is 25.0 Å². The van der Waals surface area contributed by atoms with Gasteiger partial charge in [0.05, 0.1) is 17.2 Å². The lowest BCUT2D eigenvalue weighted by Gasteiger charge is -2.09. The zero-order valence-electron chi connectivity index (χ0n) is 12.9. The maximum atomic E-state index is 13.9. The summed E-state index contributed by atoms with van der Waals surface area (Å²) in [7, 11) is 0. The van der Waals surface area contributed by atoms with Crippen LogP contribution < -0.4 is 5.32 Å². The second-order valence-electron chi connectivity index (χ2n) is 5.03. The molecule has 0 saturated heterocycles. The Bertz CT molecular complexity index is 832. The van der Waals surface area contributed by atoms with E-state index in [2.05, 4.69) is 15.5 Å². The van der Waals surface area contributed by atoms with Crippen molar-refractivity contribution in [3.8, 4) is 5.69 Å². The Morgan fingerprint density at radius 1 is 1.38 bits per heavy atom. The highest BCUT2D eigenvalue weighted by Gasteiger charge is 2.09. The number of thioether (sulfide) groups is 1. The third-order valence-electron chi connectivity index (χ3n) is 3.15. The predicted octanol–water partition coefficient (Wildman–Crippen LogP) is 3.18. The topological polar surface area (TPSA) is 73.0 Å². The molecule has 0 radical (unpaired) electrons. The van der Waals surface area contributed by atoms with Crippen molar-refractivity contribution in [2.75, 3.05) is 11.1 Å². The van der Waals surface area contributed by atoms with Crippen LogP contribution in [0.15, 0.2) is 47.2 Å². The van der Waals surface area contributed by atoms with E-state index in [1.54, 1.807) is 42.1 Å². The maximum Gasteiger partial charge on any atom is 0.234 e. The normalized spacial score (nSPS) is 10.8. The molecule has 3 aromatic rings. The molecule has 1 aromatic carbocycles. The van der Waals surface area contributed by atoms with E-state index in [1.807, 2.05) is 0 Å². The first-order valence-electron chi connectivity index (χ1n) is 7.21. The highest BCUT2D eigenvalue weighted by molar-refractivity contribution is 7.99. The lowest BCUT2D eigenvalue weighted by atomic mass is 10.2. The summed E-state index contributed by atoms with van der Waals surface area (Å²) in [6.07, 6.45) is 3.49. The van der Waals surface area contributed by atoms with Crippen molar-refractivity contribution in [1.82, 2.24) is 14.7 Å². The average Bonchev–Trinajstić information content (AvgIpc) is 3.21. The monoisotopic (exact) mass is 346 g/mol. The minimum atomic E-state index is -0.356. The summed E-state index contributed by atoms with van der Waals surface area (Å²) in [5.41, 5.74) is 0.925. The summed E-state index contributed by atoms with van der Waals surface area (Å²) in [4.78, 5) is 16.1. The summed E-state index contributed by atoms with van der Waals surface area (Å²) in [5.74, 6) is 1.25. The van der Waals surface area contributed by atoms with E-state index in [0.29, 0.717) is 28.8 Å². The van der Waals surface area contributed by atoms with Gasteiger partial charge in [-0.15, -0.1) is 11.8 Å². The van der Waals surface area contributed by atoms with Gasteiger partial charge in [-0.1, -0.05) is 5.16 Å². The van der Waals surface area contributed by atoms with Crippen LogP contribution in [0.4, 0.5) is 10.1 Å². The van der Waals surface area contributed by atoms with E-state index < -0.39 is 0 Å². The summed E-state index contributed by atoms with van der Waals surface area (Å²) in [6, 6.07) is 8.08. The van der Waals surface area contributed by atoms with Gasteiger partial charge in [0.1, 0.15) is 5.82 Å². The summed E-state index contributed by atoms with van der Waals surface area (Å²) < 4.78 is 20.4. The number of amides is 1. The zero-order chi connectivity index (χ0) is 16.9. The first-order valence-corrected chi connectivity index (χ1v) is 8.37. The average molecular weight is 346 g/mol. The lowest BCUT2D eigenvalue weighted by molar-refractivity contribution is -0.113. The molecule has 8 heteroatoms. The van der Waals surface area contributed by atoms with Crippen LogP contribution in [0.5, 0.6) is 0 Å². The van der Waals surface area contributed by atoms with Gasteiger partial charge in [0.25, 0.3) is 0 Å². The minimum absolute atomic E-state index is 0.176. The van der Waals surface area contributed by atoms with Crippen LogP contribution in [-0.4, -0.2) is 26.4 Å². The SMILES string of the molecule is Cc1nc(CSCC(=O)Nc2ccc(F)c(-n3cccc3)c2)no1. The molecular formula is C16H15FN4O2S. The number of carbonyl (C=O) groups excluding carboxylic acids is 1. The first-order chi connectivity index (χ1) is 11.6. The van der Waals surface area contributed by atoms with Crippen LogP contribution in [0.25, 0.3) is 5.69 Å². The van der Waals surface area contributed by atoms with Crippen LogP contribution >= 0.6 is 11.8 Å². The predicted molar refractivity (Wildman–Crippen MR) is 89.6 cm³/mol. The third kappa shape index (κ3) is 4.02. The molecule has 124 valence electrons. The molecule has 0 spiro atoms. The molecule has 0 fully saturated rings. The molecule has 0 unspecified atom stereocenters. The number of hydrogen-bond donors (Lipinski definition) is 1. The number of anilines is 1. The van der Waals surface area contributed by atoms with Crippen LogP contribution in [0.1, 0.15) is 11.7 Å².